The molecule has 5 heteroatoms. The van der Waals surface area contributed by atoms with E-state index in [2.05, 4.69) is 75.5 Å². The largest absolute Gasteiger partial charge is 1.00 e. The number of benzene rings is 2. The van der Waals surface area contributed by atoms with Crippen LogP contribution >= 0.6 is 0 Å². The molecule has 2 heterocycles. The van der Waals surface area contributed by atoms with Crippen LogP contribution in [0.2, 0.25) is 0 Å². The summed E-state index contributed by atoms with van der Waals surface area (Å²) < 4.78 is 3.23. The van der Waals surface area contributed by atoms with Gasteiger partial charge in [-0.3, -0.25) is 0 Å². The van der Waals surface area contributed by atoms with E-state index in [-0.39, 0.29) is 17.0 Å². The molecule has 0 saturated carbocycles. The Morgan fingerprint density at radius 2 is 1.68 bits per heavy atom. The highest BCUT2D eigenvalue weighted by molar-refractivity contribution is 6.06. The Balaban J connectivity index is 0.00000225. The maximum Gasteiger partial charge on any atom is 0.160 e. The number of aryl methyl sites for hydroxylation is 2. The van der Waals surface area contributed by atoms with Crippen LogP contribution in [0, 0.1) is 13.8 Å². The molecule has 0 amide bonds. The van der Waals surface area contributed by atoms with Gasteiger partial charge in [-0.1, -0.05) is 24.8 Å². The van der Waals surface area contributed by atoms with Gasteiger partial charge in [0, 0.05) is 5.39 Å². The molecule has 0 spiro atoms. The Morgan fingerprint density at radius 3 is 2.36 bits per heavy atom. The van der Waals surface area contributed by atoms with Crippen LogP contribution in [-0.4, -0.2) is 46.2 Å². The Morgan fingerprint density at radius 1 is 1.04 bits per heavy atom. The highest BCUT2D eigenvalue weighted by Crippen LogP contribution is 2.29. The lowest BCUT2D eigenvalue weighted by Gasteiger charge is -2.28. The van der Waals surface area contributed by atoms with E-state index in [1.165, 1.54) is 22.0 Å². The first-order valence-electron chi connectivity index (χ1n) is 9.48. The van der Waals surface area contributed by atoms with E-state index < -0.39 is 0 Å². The summed E-state index contributed by atoms with van der Waals surface area (Å²) >= 11 is 0. The topological polar surface area (TPSA) is 30.7 Å². The molecule has 4 rings (SSSR count). The summed E-state index contributed by atoms with van der Waals surface area (Å²) in [5.41, 5.74) is 7.62. The van der Waals surface area contributed by atoms with Gasteiger partial charge in [-0.15, -0.1) is 0 Å². The molecule has 4 aromatic rings. The van der Waals surface area contributed by atoms with Gasteiger partial charge in [0.1, 0.15) is 5.52 Å². The van der Waals surface area contributed by atoms with Crippen LogP contribution in [0.15, 0.2) is 49.1 Å². The molecule has 0 atom stereocenters. The second-order valence-electron chi connectivity index (χ2n) is 8.12. The molecule has 0 N–H and O–H groups in total. The van der Waals surface area contributed by atoms with E-state index in [4.69, 9.17) is 9.97 Å². The zero-order chi connectivity index (χ0) is 19.2. The van der Waals surface area contributed by atoms with Gasteiger partial charge < -0.3 is 26.0 Å². The van der Waals surface area contributed by atoms with Gasteiger partial charge in [0.15, 0.2) is 5.65 Å². The van der Waals surface area contributed by atoms with E-state index in [0.29, 0.717) is 0 Å². The monoisotopic (exact) mass is 438 g/mol. The van der Waals surface area contributed by atoms with E-state index in [9.17, 15) is 0 Å². The van der Waals surface area contributed by atoms with Crippen molar-refractivity contribution in [2.24, 2.45) is 0 Å². The lowest BCUT2D eigenvalue weighted by Crippen LogP contribution is -3.00. The van der Waals surface area contributed by atoms with Gasteiger partial charge in [0.2, 0.25) is 0 Å². The molecule has 0 saturated heterocycles. The molecule has 146 valence electrons. The number of halogens is 1. The smallest absolute Gasteiger partial charge is 0.160 e. The zero-order valence-corrected chi connectivity index (χ0v) is 18.6. The Labute approximate surface area is 176 Å². The molecule has 4 nitrogen and oxygen atoms in total. The third kappa shape index (κ3) is 3.56. The number of quaternary nitrogens is 1. The lowest BCUT2D eigenvalue weighted by atomic mass is 10.1. The fourth-order valence-corrected chi connectivity index (χ4v) is 3.73. The van der Waals surface area contributed by atoms with E-state index in [1.807, 2.05) is 6.08 Å². The van der Waals surface area contributed by atoms with Crippen LogP contribution in [-0.2, 0) is 6.54 Å². The Bertz CT molecular complexity index is 1170. The Hall–Kier alpha value is -2.24. The first-order valence-corrected chi connectivity index (χ1v) is 9.48. The summed E-state index contributed by atoms with van der Waals surface area (Å²) in [5, 5.41) is 1.18. The number of hydrogen-bond acceptors (Lipinski definition) is 2. The van der Waals surface area contributed by atoms with Crippen molar-refractivity contribution in [1.29, 1.82) is 0 Å². The van der Waals surface area contributed by atoms with Gasteiger partial charge in [0.25, 0.3) is 0 Å². The summed E-state index contributed by atoms with van der Waals surface area (Å²) in [6.45, 7) is 11.0. The van der Waals surface area contributed by atoms with Crippen molar-refractivity contribution in [2.75, 3.05) is 27.2 Å². The normalized spacial score (nSPS) is 11.9. The van der Waals surface area contributed by atoms with Crippen molar-refractivity contribution >= 4 is 33.1 Å². The van der Waals surface area contributed by atoms with Crippen molar-refractivity contribution in [1.82, 2.24) is 14.5 Å². The molecule has 0 aliphatic carbocycles. The van der Waals surface area contributed by atoms with Crippen LogP contribution in [0.1, 0.15) is 11.1 Å². The van der Waals surface area contributed by atoms with Crippen LogP contribution in [0.25, 0.3) is 33.1 Å². The van der Waals surface area contributed by atoms with Gasteiger partial charge in [-0.05, 0) is 49.2 Å². The van der Waals surface area contributed by atoms with Gasteiger partial charge in [0.05, 0.1) is 50.3 Å². The third-order valence-corrected chi connectivity index (χ3v) is 5.52. The van der Waals surface area contributed by atoms with Gasteiger partial charge in [-0.2, -0.15) is 0 Å². The summed E-state index contributed by atoms with van der Waals surface area (Å²) in [7, 11) is 4.48. The second kappa shape index (κ2) is 7.64. The fraction of sp³-hybridized carbons (Fsp3) is 0.304. The second-order valence-corrected chi connectivity index (χ2v) is 8.12. The molecule has 0 unspecified atom stereocenters. The average molecular weight is 439 g/mol. The molecule has 28 heavy (non-hydrogen) atoms. The summed E-state index contributed by atoms with van der Waals surface area (Å²) in [6, 6.07) is 12.8. The molecular formula is C23H27BrN4. The summed E-state index contributed by atoms with van der Waals surface area (Å²) in [4.78, 5) is 10.0. The molecule has 0 aliphatic rings. The first-order chi connectivity index (χ1) is 12.9. The minimum absolute atomic E-state index is 0. The first kappa shape index (κ1) is 20.5. The molecule has 0 aliphatic heterocycles. The van der Waals surface area contributed by atoms with Crippen LogP contribution < -0.4 is 17.0 Å². The number of rotatable bonds is 5. The van der Waals surface area contributed by atoms with Crippen molar-refractivity contribution < 1.29 is 21.5 Å². The predicted octanol–water partition coefficient (Wildman–Crippen LogP) is 1.62. The van der Waals surface area contributed by atoms with Gasteiger partial charge >= 0.3 is 0 Å². The summed E-state index contributed by atoms with van der Waals surface area (Å²) in [5.74, 6) is 0. The van der Waals surface area contributed by atoms with Crippen molar-refractivity contribution in [2.45, 2.75) is 20.4 Å². The third-order valence-electron chi connectivity index (χ3n) is 5.52. The number of nitrogens with zero attached hydrogens (tertiary/aromatic N) is 4. The maximum atomic E-state index is 5.04. The van der Waals surface area contributed by atoms with E-state index >= 15 is 0 Å². The lowest BCUT2D eigenvalue weighted by molar-refractivity contribution is -0.885. The number of para-hydroxylation sites is 1. The SMILES string of the molecule is C=CC[N+](C)(C)CCn1c2ccccc2c2nc3cc(C)c(C)cc3nc21.[Br-]. The molecular weight excluding hydrogens is 412 g/mol. The van der Waals surface area contributed by atoms with Crippen molar-refractivity contribution in [3.05, 3.63) is 60.2 Å². The maximum absolute atomic E-state index is 5.04. The standard InChI is InChI=1S/C23H27N4.BrH/c1-6-12-27(4,5)13-11-26-21-10-8-7-9-18(21)22-23(26)25-20-15-17(3)16(2)14-19(20)24-22;/h6-10,14-15H,1,11-13H2,2-5H3;1H/q+1;/p-1. The van der Waals surface area contributed by atoms with Crippen LogP contribution in [0.3, 0.4) is 0 Å². The minimum Gasteiger partial charge on any atom is -1.00 e. The van der Waals surface area contributed by atoms with E-state index in [1.54, 1.807) is 0 Å². The number of fused-ring (bicyclic) bond motifs is 4. The quantitative estimate of drug-likeness (QED) is 0.350. The molecule has 0 radical (unpaired) electrons. The van der Waals surface area contributed by atoms with E-state index in [0.717, 1.165) is 46.3 Å². The highest BCUT2D eigenvalue weighted by atomic mass is 79.9. The molecule has 0 fully saturated rings. The number of aromatic nitrogens is 3. The molecule has 0 bridgehead atoms. The predicted molar refractivity (Wildman–Crippen MR) is 114 cm³/mol. The molecule has 2 aromatic carbocycles. The number of likely N-dealkylation sites (N-methyl/N-ethyl adjacent to an activating group) is 1. The Kier molecular flexibility index (Phi) is 5.60. The minimum atomic E-state index is 0. The molecule has 2 aromatic heterocycles. The van der Waals surface area contributed by atoms with Crippen LogP contribution in [0.4, 0.5) is 0 Å². The van der Waals surface area contributed by atoms with Gasteiger partial charge in [-0.25, -0.2) is 9.97 Å². The fourth-order valence-electron chi connectivity index (χ4n) is 3.73. The zero-order valence-electron chi connectivity index (χ0n) is 17.0. The van der Waals surface area contributed by atoms with Crippen LogP contribution in [0.5, 0.6) is 0 Å². The average Bonchev–Trinajstić information content (AvgIpc) is 2.92. The highest BCUT2D eigenvalue weighted by Gasteiger charge is 2.18. The van der Waals surface area contributed by atoms with Crippen molar-refractivity contribution in [3.8, 4) is 0 Å². The number of hydrogen-bond donors (Lipinski definition) is 0. The van der Waals surface area contributed by atoms with Crippen molar-refractivity contribution in [3.63, 3.8) is 0 Å². The summed E-state index contributed by atoms with van der Waals surface area (Å²) in [6.07, 6.45) is 1.99.